The van der Waals surface area contributed by atoms with E-state index in [-0.39, 0.29) is 24.1 Å². The average Bonchev–Trinajstić information content (AvgIpc) is 3.36. The lowest BCUT2D eigenvalue weighted by atomic mass is 10.0. The molecule has 2 aromatic carbocycles. The number of nitrogens with one attached hydrogen (secondary N) is 2. The van der Waals surface area contributed by atoms with Crippen molar-refractivity contribution in [3.8, 4) is 16.9 Å². The van der Waals surface area contributed by atoms with Gasteiger partial charge in [-0.15, -0.1) is 5.10 Å². The van der Waals surface area contributed by atoms with Gasteiger partial charge in [-0.3, -0.25) is 9.59 Å². The van der Waals surface area contributed by atoms with Gasteiger partial charge in [0.1, 0.15) is 5.82 Å². The monoisotopic (exact) mass is 406 g/mol. The van der Waals surface area contributed by atoms with Crippen LogP contribution in [-0.4, -0.2) is 28.1 Å². The summed E-state index contributed by atoms with van der Waals surface area (Å²) in [5.74, 6) is -0.725. The van der Waals surface area contributed by atoms with E-state index in [1.54, 1.807) is 22.9 Å². The van der Waals surface area contributed by atoms with Gasteiger partial charge in [0, 0.05) is 24.6 Å². The van der Waals surface area contributed by atoms with E-state index in [2.05, 4.69) is 34.8 Å². The fraction of sp³-hybridized carbons (Fsp3) is 0.261. The number of hydrogen-bond acceptors (Lipinski definition) is 3. The van der Waals surface area contributed by atoms with Gasteiger partial charge < -0.3 is 10.6 Å². The van der Waals surface area contributed by atoms with Gasteiger partial charge >= 0.3 is 0 Å². The molecule has 1 saturated heterocycles. The highest BCUT2D eigenvalue weighted by molar-refractivity contribution is 5.97. The second kappa shape index (κ2) is 8.49. The van der Waals surface area contributed by atoms with Crippen molar-refractivity contribution < 1.29 is 14.0 Å². The minimum Gasteiger partial charge on any atom is -0.355 e. The number of aryl methyl sites for hydroxylation is 1. The van der Waals surface area contributed by atoms with Crippen LogP contribution in [0, 0.1) is 11.7 Å². The largest absolute Gasteiger partial charge is 0.355 e. The van der Waals surface area contributed by atoms with Crippen LogP contribution in [0.5, 0.6) is 0 Å². The first-order valence-corrected chi connectivity index (χ1v) is 10.1. The Balaban J connectivity index is 1.70. The molecule has 1 atom stereocenters. The molecule has 0 saturated carbocycles. The molecular formula is C23H23FN4O2. The number of carbonyl (C=O) groups is 2. The minimum absolute atomic E-state index is 0.125. The van der Waals surface area contributed by atoms with Gasteiger partial charge in [0.05, 0.1) is 17.3 Å². The number of carbonyl (C=O) groups excluding carboxylic acids is 2. The summed E-state index contributed by atoms with van der Waals surface area (Å²) in [4.78, 5) is 23.9. The number of rotatable bonds is 6. The summed E-state index contributed by atoms with van der Waals surface area (Å²) in [7, 11) is 0. The van der Waals surface area contributed by atoms with Crippen LogP contribution in [0.15, 0.2) is 54.6 Å². The van der Waals surface area contributed by atoms with Crippen molar-refractivity contribution in [2.24, 2.45) is 5.92 Å². The second-order valence-corrected chi connectivity index (χ2v) is 7.45. The van der Waals surface area contributed by atoms with E-state index < -0.39 is 5.92 Å². The summed E-state index contributed by atoms with van der Waals surface area (Å²) in [5, 5.41) is 10.0. The van der Waals surface area contributed by atoms with Gasteiger partial charge in [0.15, 0.2) is 5.82 Å². The van der Waals surface area contributed by atoms with Crippen LogP contribution in [-0.2, 0) is 16.0 Å². The predicted molar refractivity (Wildman–Crippen MR) is 113 cm³/mol. The van der Waals surface area contributed by atoms with E-state index in [1.165, 1.54) is 17.7 Å². The lowest BCUT2D eigenvalue weighted by Gasteiger charge is -2.09. The van der Waals surface area contributed by atoms with Crippen molar-refractivity contribution in [3.63, 3.8) is 0 Å². The smallest absolute Gasteiger partial charge is 0.230 e. The molecule has 0 radical (unpaired) electrons. The first-order chi connectivity index (χ1) is 14.5. The summed E-state index contributed by atoms with van der Waals surface area (Å²) < 4.78 is 15.1. The molecule has 0 spiro atoms. The molecule has 2 amide bonds. The zero-order chi connectivity index (χ0) is 21.1. The van der Waals surface area contributed by atoms with Crippen LogP contribution in [0.4, 0.5) is 10.2 Å². The van der Waals surface area contributed by atoms with E-state index in [0.717, 1.165) is 24.1 Å². The van der Waals surface area contributed by atoms with Crippen LogP contribution in [0.25, 0.3) is 16.9 Å². The molecule has 3 aromatic rings. The second-order valence-electron chi connectivity index (χ2n) is 7.45. The van der Waals surface area contributed by atoms with E-state index in [0.29, 0.717) is 18.1 Å². The quantitative estimate of drug-likeness (QED) is 0.655. The molecule has 1 aromatic heterocycles. The van der Waals surface area contributed by atoms with Crippen molar-refractivity contribution >= 4 is 17.6 Å². The Morgan fingerprint density at radius 2 is 2.03 bits per heavy atom. The number of benzene rings is 2. The molecule has 1 aliphatic rings. The van der Waals surface area contributed by atoms with Gasteiger partial charge in [-0.25, -0.2) is 9.07 Å². The molecular weight excluding hydrogens is 383 g/mol. The Labute approximate surface area is 174 Å². The van der Waals surface area contributed by atoms with E-state index in [4.69, 9.17) is 0 Å². The number of anilines is 1. The predicted octanol–water partition coefficient (Wildman–Crippen LogP) is 3.71. The molecule has 30 heavy (non-hydrogen) atoms. The molecule has 1 fully saturated rings. The van der Waals surface area contributed by atoms with Crippen LogP contribution >= 0.6 is 0 Å². The number of nitrogens with zero attached hydrogens (tertiary/aromatic N) is 2. The highest BCUT2D eigenvalue weighted by Crippen LogP contribution is 2.28. The molecule has 154 valence electrons. The van der Waals surface area contributed by atoms with Crippen LogP contribution in [0.1, 0.15) is 25.3 Å². The summed E-state index contributed by atoms with van der Waals surface area (Å²) in [6, 6.07) is 16.0. The SMILES string of the molecule is CCCc1cccc(-c2cc(NC(=O)[C@@H]3CNC(=O)C3)nn2-c2ccc(F)cc2)c1. The first-order valence-electron chi connectivity index (χ1n) is 10.1. The molecule has 0 bridgehead atoms. The van der Waals surface area contributed by atoms with Crippen molar-refractivity contribution in [2.75, 3.05) is 11.9 Å². The van der Waals surface area contributed by atoms with E-state index in [1.807, 2.05) is 12.1 Å². The molecule has 4 rings (SSSR count). The van der Waals surface area contributed by atoms with E-state index in [9.17, 15) is 14.0 Å². The lowest BCUT2D eigenvalue weighted by molar-refractivity contribution is -0.123. The Bertz CT molecular complexity index is 1080. The Hall–Kier alpha value is -3.48. The third-order valence-corrected chi connectivity index (χ3v) is 5.14. The van der Waals surface area contributed by atoms with Crippen LogP contribution in [0.2, 0.25) is 0 Å². The van der Waals surface area contributed by atoms with Crippen LogP contribution < -0.4 is 10.6 Å². The summed E-state index contributed by atoms with van der Waals surface area (Å²) in [5.41, 5.74) is 3.64. The van der Waals surface area contributed by atoms with Gasteiger partial charge in [-0.2, -0.15) is 0 Å². The number of halogens is 1. The number of aromatic nitrogens is 2. The molecule has 2 heterocycles. The summed E-state index contributed by atoms with van der Waals surface area (Å²) in [6.45, 7) is 2.46. The minimum atomic E-state index is -0.412. The van der Waals surface area contributed by atoms with Crippen LogP contribution in [0.3, 0.4) is 0 Å². The maximum Gasteiger partial charge on any atom is 0.230 e. The van der Waals surface area contributed by atoms with Gasteiger partial charge in [-0.05, 0) is 42.3 Å². The maximum atomic E-state index is 13.4. The maximum absolute atomic E-state index is 13.4. The zero-order valence-corrected chi connectivity index (χ0v) is 16.7. The van der Waals surface area contributed by atoms with Crippen molar-refractivity contribution in [2.45, 2.75) is 26.2 Å². The lowest BCUT2D eigenvalue weighted by Crippen LogP contribution is -2.24. The molecule has 2 N–H and O–H groups in total. The molecule has 6 nitrogen and oxygen atoms in total. The summed E-state index contributed by atoms with van der Waals surface area (Å²) >= 11 is 0. The highest BCUT2D eigenvalue weighted by Gasteiger charge is 2.28. The number of hydrogen-bond donors (Lipinski definition) is 2. The topological polar surface area (TPSA) is 76.0 Å². The highest BCUT2D eigenvalue weighted by atomic mass is 19.1. The van der Waals surface area contributed by atoms with Crippen molar-refractivity contribution in [3.05, 3.63) is 66.0 Å². The zero-order valence-electron chi connectivity index (χ0n) is 16.7. The molecule has 7 heteroatoms. The molecule has 0 unspecified atom stereocenters. The average molecular weight is 406 g/mol. The van der Waals surface area contributed by atoms with Gasteiger partial charge in [-0.1, -0.05) is 31.5 Å². The molecule has 1 aliphatic heterocycles. The van der Waals surface area contributed by atoms with Crippen molar-refractivity contribution in [1.29, 1.82) is 0 Å². The normalized spacial score (nSPS) is 15.8. The van der Waals surface area contributed by atoms with Gasteiger partial charge in [0.2, 0.25) is 11.8 Å². The standard InChI is InChI=1S/C23H23FN4O2/c1-2-4-15-5-3-6-16(11-15)20-13-21(26-23(30)17-12-22(29)25-14-17)27-28(20)19-9-7-18(24)8-10-19/h3,5-11,13,17H,2,4,12,14H2,1H3,(H,25,29)(H,26,27,30)/t17-/m0/s1. The first kappa shape index (κ1) is 19.8. The molecule has 0 aliphatic carbocycles. The number of amides is 2. The van der Waals surface area contributed by atoms with Crippen molar-refractivity contribution in [1.82, 2.24) is 15.1 Å². The Morgan fingerprint density at radius 1 is 1.23 bits per heavy atom. The van der Waals surface area contributed by atoms with Gasteiger partial charge in [0.25, 0.3) is 0 Å². The Morgan fingerprint density at radius 3 is 2.73 bits per heavy atom. The Kier molecular flexibility index (Phi) is 5.61. The fourth-order valence-corrected chi connectivity index (χ4v) is 3.62. The summed E-state index contributed by atoms with van der Waals surface area (Å²) in [6.07, 6.45) is 2.18. The van der Waals surface area contributed by atoms with E-state index >= 15 is 0 Å². The fourth-order valence-electron chi connectivity index (χ4n) is 3.62. The third-order valence-electron chi connectivity index (χ3n) is 5.14. The third kappa shape index (κ3) is 4.25.